The number of H-pyrrole nitrogens is 1. The summed E-state index contributed by atoms with van der Waals surface area (Å²) in [6, 6.07) is 16.7. The Morgan fingerprint density at radius 2 is 1.84 bits per heavy atom. The summed E-state index contributed by atoms with van der Waals surface area (Å²) >= 11 is 6.21. The summed E-state index contributed by atoms with van der Waals surface area (Å²) in [4.78, 5) is 18.3. The van der Waals surface area contributed by atoms with Gasteiger partial charge >= 0.3 is 6.03 Å². The van der Waals surface area contributed by atoms with E-state index in [2.05, 4.69) is 10.3 Å². The fourth-order valence-corrected chi connectivity index (χ4v) is 4.40. The first-order valence-corrected chi connectivity index (χ1v) is 10.3. The van der Waals surface area contributed by atoms with Crippen molar-refractivity contribution >= 4 is 34.2 Å². The third-order valence-corrected chi connectivity index (χ3v) is 5.85. The average molecular weight is 438 g/mol. The summed E-state index contributed by atoms with van der Waals surface area (Å²) in [6.45, 7) is 0.440. The maximum absolute atomic E-state index is 13.6. The Morgan fingerprint density at radius 1 is 1.03 bits per heavy atom. The minimum Gasteiger partial charge on any atom is -0.356 e. The number of halogens is 3. The number of hydrogen-bond acceptors (Lipinski definition) is 1. The molecule has 1 aromatic heterocycles. The van der Waals surface area contributed by atoms with Gasteiger partial charge in [0.15, 0.2) is 0 Å². The molecule has 0 saturated heterocycles. The van der Waals surface area contributed by atoms with Crippen molar-refractivity contribution in [3.8, 4) is 0 Å². The Hall–Kier alpha value is -3.38. The smallest absolute Gasteiger partial charge is 0.322 e. The van der Waals surface area contributed by atoms with Crippen LogP contribution in [0.15, 0.2) is 66.7 Å². The van der Waals surface area contributed by atoms with Crippen LogP contribution < -0.4 is 5.32 Å². The first-order chi connectivity index (χ1) is 15.0. The maximum atomic E-state index is 13.6. The van der Waals surface area contributed by atoms with E-state index >= 15 is 0 Å². The molecule has 0 spiro atoms. The highest BCUT2D eigenvalue weighted by Gasteiger charge is 2.34. The second-order valence-corrected chi connectivity index (χ2v) is 7.98. The van der Waals surface area contributed by atoms with E-state index in [1.54, 1.807) is 23.1 Å². The van der Waals surface area contributed by atoms with Gasteiger partial charge in [-0.25, -0.2) is 13.6 Å². The number of carbonyl (C=O) groups is 1. The molecule has 0 bridgehead atoms. The molecule has 4 aromatic rings. The third kappa shape index (κ3) is 3.64. The highest BCUT2D eigenvalue weighted by Crippen LogP contribution is 2.39. The second-order valence-electron chi connectivity index (χ2n) is 7.55. The summed E-state index contributed by atoms with van der Waals surface area (Å²) in [6.07, 6.45) is 0.629. The highest BCUT2D eigenvalue weighted by molar-refractivity contribution is 6.31. The number of benzene rings is 3. The molecule has 7 heteroatoms. The largest absolute Gasteiger partial charge is 0.356 e. The van der Waals surface area contributed by atoms with E-state index in [0.717, 1.165) is 27.7 Å². The Morgan fingerprint density at radius 3 is 2.61 bits per heavy atom. The van der Waals surface area contributed by atoms with Gasteiger partial charge in [0.05, 0.1) is 6.04 Å². The zero-order valence-electron chi connectivity index (χ0n) is 16.3. The van der Waals surface area contributed by atoms with Gasteiger partial charge in [-0.2, -0.15) is 0 Å². The number of amides is 2. The quantitative estimate of drug-likeness (QED) is 0.381. The van der Waals surface area contributed by atoms with Gasteiger partial charge in [-0.3, -0.25) is 0 Å². The van der Waals surface area contributed by atoms with Gasteiger partial charge in [0.1, 0.15) is 11.6 Å². The lowest BCUT2D eigenvalue weighted by atomic mass is 9.92. The number of hydrogen-bond donors (Lipinski definition) is 2. The van der Waals surface area contributed by atoms with Crippen LogP contribution in [0.3, 0.4) is 0 Å². The molecular weight excluding hydrogens is 420 g/mol. The third-order valence-electron chi connectivity index (χ3n) is 5.61. The number of rotatable bonds is 2. The minimum atomic E-state index is -0.455. The normalized spacial score (nSPS) is 15.7. The number of urea groups is 1. The van der Waals surface area contributed by atoms with Crippen molar-refractivity contribution in [2.75, 3.05) is 11.9 Å². The molecule has 31 heavy (non-hydrogen) atoms. The number of aromatic nitrogens is 1. The first-order valence-electron chi connectivity index (χ1n) is 9.88. The molecule has 0 radical (unpaired) electrons. The molecule has 0 saturated carbocycles. The molecule has 5 rings (SSSR count). The number of aromatic amines is 1. The molecular formula is C24H18ClF2N3O. The summed E-state index contributed by atoms with van der Waals surface area (Å²) in [5.74, 6) is -0.778. The summed E-state index contributed by atoms with van der Waals surface area (Å²) in [5.41, 5.74) is 4.02. The van der Waals surface area contributed by atoms with Gasteiger partial charge in [-0.15, -0.1) is 0 Å². The van der Waals surface area contributed by atoms with Crippen molar-refractivity contribution in [2.45, 2.75) is 12.5 Å². The second kappa shape index (κ2) is 7.71. The molecule has 1 aliphatic rings. The standard InChI is InChI=1S/C24H18ClF2N3O/c25-15-6-9-21-20(12-15)19-10-11-30(24(31)28-18-3-1-2-17(27)13-18)23(22(19)29-21)14-4-7-16(26)8-5-14/h1-9,12-13,23,29H,10-11H2,(H,28,31)/t23-/m0/s1. The SMILES string of the molecule is O=C(Nc1cccc(F)c1)N1CCc2c([nH]c3ccc(Cl)cc23)[C@@H]1c1ccc(F)cc1. The lowest BCUT2D eigenvalue weighted by Crippen LogP contribution is -2.43. The van der Waals surface area contributed by atoms with Gasteiger partial charge in [0, 0.05) is 33.9 Å². The van der Waals surface area contributed by atoms with Crippen molar-refractivity contribution in [2.24, 2.45) is 0 Å². The lowest BCUT2D eigenvalue weighted by Gasteiger charge is -2.36. The number of anilines is 1. The molecule has 0 unspecified atom stereocenters. The van der Waals surface area contributed by atoms with Crippen LogP contribution in [0.5, 0.6) is 0 Å². The van der Waals surface area contributed by atoms with Crippen LogP contribution in [-0.4, -0.2) is 22.5 Å². The van der Waals surface area contributed by atoms with Gasteiger partial charge in [-0.1, -0.05) is 29.8 Å². The van der Waals surface area contributed by atoms with E-state index in [9.17, 15) is 13.6 Å². The first kappa shape index (κ1) is 19.6. The van der Waals surface area contributed by atoms with Crippen molar-refractivity contribution in [3.63, 3.8) is 0 Å². The Kier molecular flexibility index (Phi) is 4.87. The fraction of sp³-hybridized carbons (Fsp3) is 0.125. The van der Waals surface area contributed by atoms with Gasteiger partial charge < -0.3 is 15.2 Å². The number of fused-ring (bicyclic) bond motifs is 3. The van der Waals surface area contributed by atoms with Crippen LogP contribution >= 0.6 is 11.6 Å². The number of nitrogens with zero attached hydrogens (tertiary/aromatic N) is 1. The van der Waals surface area contributed by atoms with E-state index in [0.29, 0.717) is 23.7 Å². The van der Waals surface area contributed by atoms with Crippen LogP contribution in [0.1, 0.15) is 22.9 Å². The minimum absolute atomic E-state index is 0.348. The summed E-state index contributed by atoms with van der Waals surface area (Å²) < 4.78 is 27.2. The van der Waals surface area contributed by atoms with Crippen molar-refractivity contribution < 1.29 is 13.6 Å². The monoisotopic (exact) mass is 437 g/mol. The van der Waals surface area contributed by atoms with Crippen LogP contribution in [0.2, 0.25) is 5.02 Å². The predicted molar refractivity (Wildman–Crippen MR) is 117 cm³/mol. The predicted octanol–water partition coefficient (Wildman–Crippen LogP) is 6.28. The molecule has 1 aliphatic heterocycles. The number of nitrogens with one attached hydrogen (secondary N) is 2. The molecule has 2 amide bonds. The molecule has 3 aromatic carbocycles. The molecule has 0 fully saturated rings. The zero-order chi connectivity index (χ0) is 21.5. The zero-order valence-corrected chi connectivity index (χ0v) is 17.1. The molecule has 2 heterocycles. The van der Waals surface area contributed by atoms with E-state index < -0.39 is 11.9 Å². The van der Waals surface area contributed by atoms with Crippen LogP contribution in [0.4, 0.5) is 19.3 Å². The van der Waals surface area contributed by atoms with Crippen LogP contribution in [-0.2, 0) is 6.42 Å². The van der Waals surface area contributed by atoms with E-state index in [4.69, 9.17) is 11.6 Å². The molecule has 1 atom stereocenters. The average Bonchev–Trinajstić information content (AvgIpc) is 3.11. The van der Waals surface area contributed by atoms with Gasteiger partial charge in [0.2, 0.25) is 0 Å². The van der Waals surface area contributed by atoms with Crippen LogP contribution in [0.25, 0.3) is 10.9 Å². The Labute approximate surface area is 182 Å². The van der Waals surface area contributed by atoms with E-state index in [1.165, 1.54) is 30.3 Å². The van der Waals surface area contributed by atoms with Crippen molar-refractivity contribution in [1.82, 2.24) is 9.88 Å². The lowest BCUT2D eigenvalue weighted by molar-refractivity contribution is 0.193. The molecule has 2 N–H and O–H groups in total. The van der Waals surface area contributed by atoms with E-state index in [-0.39, 0.29) is 11.8 Å². The summed E-state index contributed by atoms with van der Waals surface area (Å²) in [5, 5.41) is 4.43. The number of carbonyl (C=O) groups excluding carboxylic acids is 1. The fourth-order valence-electron chi connectivity index (χ4n) is 4.23. The summed E-state index contributed by atoms with van der Waals surface area (Å²) in [7, 11) is 0. The van der Waals surface area contributed by atoms with E-state index in [1.807, 2.05) is 18.2 Å². The maximum Gasteiger partial charge on any atom is 0.322 e. The molecule has 156 valence electrons. The van der Waals surface area contributed by atoms with Gasteiger partial charge in [0.25, 0.3) is 0 Å². The topological polar surface area (TPSA) is 48.1 Å². The van der Waals surface area contributed by atoms with Crippen molar-refractivity contribution in [1.29, 1.82) is 0 Å². The van der Waals surface area contributed by atoms with Crippen LogP contribution in [0, 0.1) is 11.6 Å². The Bertz CT molecular complexity index is 1290. The molecule has 0 aliphatic carbocycles. The highest BCUT2D eigenvalue weighted by atomic mass is 35.5. The van der Waals surface area contributed by atoms with Gasteiger partial charge in [-0.05, 0) is 66.1 Å². The Balaban J connectivity index is 1.59. The molecule has 4 nitrogen and oxygen atoms in total. The van der Waals surface area contributed by atoms with Crippen molar-refractivity contribution in [3.05, 3.63) is 100 Å².